The quantitative estimate of drug-likeness (QED) is 0.686. The summed E-state index contributed by atoms with van der Waals surface area (Å²) in [5.74, 6) is -0.117. The Hall–Kier alpha value is -2.00. The predicted octanol–water partition coefficient (Wildman–Crippen LogP) is 3.61. The molecule has 3 heteroatoms. The average Bonchev–Trinajstić information content (AvgIpc) is 2.48. The molecule has 2 nitrogen and oxygen atoms in total. The molecule has 0 radical (unpaired) electrons. The Morgan fingerprint density at radius 3 is 1.85 bits per heavy atom. The van der Waals surface area contributed by atoms with E-state index in [1.807, 2.05) is 62.4 Å². The van der Waals surface area contributed by atoms with Gasteiger partial charge in [0.25, 0.3) is 5.91 Å². The molecule has 0 bridgehead atoms. The molecule has 0 aliphatic rings. The number of hydrogen-bond acceptors (Lipinski definition) is 2. The number of rotatable bonds is 4. The van der Waals surface area contributed by atoms with Crippen molar-refractivity contribution in [1.29, 1.82) is 0 Å². The Balaban J connectivity index is 2.15. The minimum absolute atomic E-state index is 0.117. The van der Waals surface area contributed by atoms with Gasteiger partial charge in [0.2, 0.25) is 0 Å². The first-order chi connectivity index (χ1) is 9.50. The van der Waals surface area contributed by atoms with Crippen LogP contribution in [0.3, 0.4) is 0 Å². The minimum Gasteiger partial charge on any atom is -0.342 e. The summed E-state index contributed by atoms with van der Waals surface area (Å²) in [6.45, 7) is 3.84. The summed E-state index contributed by atoms with van der Waals surface area (Å²) in [5, 5.41) is 2.99. The second-order valence-electron chi connectivity index (χ2n) is 5.14. The van der Waals surface area contributed by atoms with Gasteiger partial charge in [0.05, 0.1) is 5.54 Å². The Morgan fingerprint density at radius 1 is 0.900 bits per heavy atom. The molecule has 2 aromatic rings. The predicted molar refractivity (Wildman–Crippen MR) is 86.1 cm³/mol. The second kappa shape index (κ2) is 5.97. The number of benzene rings is 2. The van der Waals surface area contributed by atoms with Gasteiger partial charge in [-0.2, -0.15) is 0 Å². The smallest absolute Gasteiger partial charge is 0.251 e. The van der Waals surface area contributed by atoms with Crippen LogP contribution in [0.15, 0.2) is 60.7 Å². The van der Waals surface area contributed by atoms with Crippen LogP contribution in [0.4, 0.5) is 0 Å². The molecule has 0 atom stereocenters. The first kappa shape index (κ1) is 14.4. The zero-order chi connectivity index (χ0) is 14.6. The fourth-order valence-electron chi connectivity index (χ4n) is 1.95. The molecule has 20 heavy (non-hydrogen) atoms. The molecule has 0 spiro atoms. The molecule has 2 rings (SSSR count). The third kappa shape index (κ3) is 3.31. The fraction of sp³-hybridized carbons (Fsp3) is 0.176. The molecular weight excluding hydrogens is 266 g/mol. The summed E-state index contributed by atoms with van der Waals surface area (Å²) in [7, 11) is 0. The van der Waals surface area contributed by atoms with Crippen molar-refractivity contribution in [3.05, 3.63) is 71.8 Å². The molecular formula is C17H17NOS. The van der Waals surface area contributed by atoms with Crippen molar-refractivity contribution in [3.63, 3.8) is 0 Å². The molecule has 102 valence electrons. The number of nitrogens with one attached hydrogen (secondary N) is 1. The van der Waals surface area contributed by atoms with E-state index < -0.39 is 5.54 Å². The Morgan fingerprint density at radius 2 is 1.35 bits per heavy atom. The maximum absolute atomic E-state index is 12.2. The monoisotopic (exact) mass is 283 g/mol. The molecule has 0 heterocycles. The van der Waals surface area contributed by atoms with E-state index >= 15 is 0 Å². The van der Waals surface area contributed by atoms with Crippen molar-refractivity contribution in [2.24, 2.45) is 0 Å². The second-order valence-corrected chi connectivity index (χ2v) is 5.55. The first-order valence-corrected chi connectivity index (χ1v) is 6.89. The number of hydrogen-bond donors (Lipinski definition) is 1. The van der Waals surface area contributed by atoms with Gasteiger partial charge in [0.1, 0.15) is 0 Å². The van der Waals surface area contributed by atoms with E-state index in [4.69, 9.17) is 12.2 Å². The van der Waals surface area contributed by atoms with E-state index in [9.17, 15) is 4.79 Å². The lowest BCUT2D eigenvalue weighted by molar-refractivity contribution is 0.0932. The molecule has 1 N–H and O–H groups in total. The van der Waals surface area contributed by atoms with Gasteiger partial charge in [0.15, 0.2) is 0 Å². The van der Waals surface area contributed by atoms with Crippen LogP contribution in [-0.4, -0.2) is 16.3 Å². The van der Waals surface area contributed by atoms with E-state index in [0.717, 1.165) is 10.4 Å². The van der Waals surface area contributed by atoms with Gasteiger partial charge >= 0.3 is 0 Å². The zero-order valence-electron chi connectivity index (χ0n) is 11.6. The average molecular weight is 283 g/mol. The zero-order valence-corrected chi connectivity index (χ0v) is 12.4. The number of amides is 1. The summed E-state index contributed by atoms with van der Waals surface area (Å²) in [6.07, 6.45) is 0. The van der Waals surface area contributed by atoms with Crippen molar-refractivity contribution < 1.29 is 4.79 Å². The summed E-state index contributed by atoms with van der Waals surface area (Å²) < 4.78 is 0. The van der Waals surface area contributed by atoms with Gasteiger partial charge in [-0.25, -0.2) is 0 Å². The van der Waals surface area contributed by atoms with Gasteiger partial charge in [-0.1, -0.05) is 60.7 Å². The van der Waals surface area contributed by atoms with E-state index in [1.54, 1.807) is 12.1 Å². The van der Waals surface area contributed by atoms with Crippen molar-refractivity contribution in [3.8, 4) is 0 Å². The third-order valence-electron chi connectivity index (χ3n) is 3.07. The molecule has 0 aliphatic heterocycles. The molecule has 0 aliphatic carbocycles. The van der Waals surface area contributed by atoms with Crippen LogP contribution in [0.1, 0.15) is 29.8 Å². The molecule has 1 amide bonds. The van der Waals surface area contributed by atoms with Gasteiger partial charge in [-0.05, 0) is 31.5 Å². The molecule has 0 fully saturated rings. The van der Waals surface area contributed by atoms with Crippen LogP contribution in [0.25, 0.3) is 0 Å². The maximum Gasteiger partial charge on any atom is 0.251 e. The summed E-state index contributed by atoms with van der Waals surface area (Å²) in [6, 6.07) is 18.9. The van der Waals surface area contributed by atoms with E-state index in [-0.39, 0.29) is 5.91 Å². The lowest BCUT2D eigenvalue weighted by Crippen LogP contribution is -2.49. The number of carbonyl (C=O) groups is 1. The SMILES string of the molecule is CC(C)(NC(=O)c1ccccc1)C(=S)c1ccccc1. The van der Waals surface area contributed by atoms with Crippen LogP contribution in [0.5, 0.6) is 0 Å². The lowest BCUT2D eigenvalue weighted by Gasteiger charge is -2.27. The summed E-state index contributed by atoms with van der Waals surface area (Å²) in [5.41, 5.74) is 1.01. The highest BCUT2D eigenvalue weighted by Crippen LogP contribution is 2.15. The van der Waals surface area contributed by atoms with Gasteiger partial charge in [-0.3, -0.25) is 4.79 Å². The van der Waals surface area contributed by atoms with Gasteiger partial charge < -0.3 is 5.32 Å². The third-order valence-corrected chi connectivity index (χ3v) is 3.81. The molecule has 0 saturated heterocycles. The van der Waals surface area contributed by atoms with E-state index in [0.29, 0.717) is 5.56 Å². The lowest BCUT2D eigenvalue weighted by atomic mass is 9.94. The van der Waals surface area contributed by atoms with Crippen molar-refractivity contribution in [1.82, 2.24) is 5.32 Å². The van der Waals surface area contributed by atoms with Crippen molar-refractivity contribution in [2.45, 2.75) is 19.4 Å². The molecule has 0 unspecified atom stereocenters. The normalized spacial score (nSPS) is 10.9. The highest BCUT2D eigenvalue weighted by Gasteiger charge is 2.26. The van der Waals surface area contributed by atoms with Gasteiger partial charge in [0, 0.05) is 10.4 Å². The van der Waals surface area contributed by atoms with E-state index in [1.165, 1.54) is 0 Å². The maximum atomic E-state index is 12.2. The molecule has 0 aromatic heterocycles. The van der Waals surface area contributed by atoms with Crippen LogP contribution in [0.2, 0.25) is 0 Å². The standard InChI is InChI=1S/C17H17NOS/c1-17(2,15(20)13-9-5-3-6-10-13)18-16(19)14-11-7-4-8-12-14/h3-12H,1-2H3,(H,18,19). The number of carbonyl (C=O) groups excluding carboxylic acids is 1. The molecule has 2 aromatic carbocycles. The van der Waals surface area contributed by atoms with E-state index in [2.05, 4.69) is 5.32 Å². The van der Waals surface area contributed by atoms with Crippen molar-refractivity contribution >= 4 is 23.0 Å². The van der Waals surface area contributed by atoms with Crippen molar-refractivity contribution in [2.75, 3.05) is 0 Å². The topological polar surface area (TPSA) is 29.1 Å². The summed E-state index contributed by atoms with van der Waals surface area (Å²) >= 11 is 5.51. The molecule has 0 saturated carbocycles. The Labute approximate surface area is 124 Å². The Bertz CT molecular complexity index is 605. The fourth-order valence-corrected chi connectivity index (χ4v) is 2.14. The van der Waals surface area contributed by atoms with Crippen LogP contribution in [0, 0.1) is 0 Å². The van der Waals surface area contributed by atoms with Crippen LogP contribution >= 0.6 is 12.2 Å². The first-order valence-electron chi connectivity index (χ1n) is 6.48. The Kier molecular flexibility index (Phi) is 4.30. The highest BCUT2D eigenvalue weighted by molar-refractivity contribution is 7.81. The minimum atomic E-state index is -0.580. The number of thiocarbonyl (C=S) groups is 1. The largest absolute Gasteiger partial charge is 0.342 e. The highest BCUT2D eigenvalue weighted by atomic mass is 32.1. The van der Waals surface area contributed by atoms with Crippen LogP contribution in [-0.2, 0) is 0 Å². The summed E-state index contributed by atoms with van der Waals surface area (Å²) in [4.78, 5) is 12.9. The van der Waals surface area contributed by atoms with Crippen LogP contribution < -0.4 is 5.32 Å². The van der Waals surface area contributed by atoms with Gasteiger partial charge in [-0.15, -0.1) is 0 Å².